The molecular weight excluding hydrogens is 76.1 g/mol. The molecule has 0 saturated carbocycles. The number of hydrazone groups is 1. The van der Waals surface area contributed by atoms with E-state index in [-0.39, 0.29) is 0 Å². The van der Waals surface area contributed by atoms with Gasteiger partial charge in [0.25, 0.3) is 0 Å². The fraction of sp³-hybridized carbons (Fsp3) is 0.500. The zero-order chi connectivity index (χ0) is 4.24. The fourth-order valence-corrected chi connectivity index (χ4v) is 0.348. The van der Waals surface area contributed by atoms with Crippen molar-refractivity contribution in [3.8, 4) is 0 Å². The van der Waals surface area contributed by atoms with Crippen molar-refractivity contribution in [3.05, 3.63) is 6.54 Å². The summed E-state index contributed by atoms with van der Waals surface area (Å²) in [6.45, 7) is 2.84. The van der Waals surface area contributed by atoms with Crippen LogP contribution in [0, 0.1) is 6.54 Å². The van der Waals surface area contributed by atoms with E-state index in [1.807, 2.05) is 6.21 Å². The van der Waals surface area contributed by atoms with Gasteiger partial charge in [0.2, 0.25) is 0 Å². The van der Waals surface area contributed by atoms with E-state index in [0.29, 0.717) is 0 Å². The van der Waals surface area contributed by atoms with Crippen LogP contribution in [0.4, 0.5) is 0 Å². The number of nitrogens with one attached hydrogen (secondary N) is 1. The average Bonchev–Trinajstić information content (AvgIpc) is 1.72. The Morgan fingerprint density at radius 1 is 1.83 bits per heavy atom. The van der Waals surface area contributed by atoms with Crippen LogP contribution >= 0.6 is 0 Å². The van der Waals surface area contributed by atoms with Gasteiger partial charge in [0.1, 0.15) is 6.54 Å². The van der Waals surface area contributed by atoms with Gasteiger partial charge in [-0.2, -0.15) is 5.10 Å². The highest BCUT2D eigenvalue weighted by Gasteiger charge is 1.88. The summed E-state index contributed by atoms with van der Waals surface area (Å²) in [4.78, 5) is 0. The molecule has 1 rings (SSSR count). The van der Waals surface area contributed by atoms with Gasteiger partial charge in [0.05, 0.1) is 0 Å². The Morgan fingerprint density at radius 2 is 2.83 bits per heavy atom. The van der Waals surface area contributed by atoms with E-state index in [2.05, 4.69) is 17.1 Å². The summed E-state index contributed by atoms with van der Waals surface area (Å²) in [5, 5.41) is 3.69. The maximum atomic E-state index is 3.69. The third kappa shape index (κ3) is 0.708. The molecule has 0 spiro atoms. The van der Waals surface area contributed by atoms with Crippen LogP contribution < -0.4 is 5.43 Å². The van der Waals surface area contributed by atoms with Crippen molar-refractivity contribution in [3.63, 3.8) is 0 Å². The van der Waals surface area contributed by atoms with Crippen molar-refractivity contribution in [2.75, 3.05) is 0 Å². The van der Waals surface area contributed by atoms with Crippen molar-refractivity contribution >= 4 is 6.21 Å². The largest absolute Gasteiger partial charge is 0.299 e. The highest BCUT2D eigenvalue weighted by molar-refractivity contribution is 5.57. The predicted octanol–water partition coefficient (Wildman–Crippen LogP) is 0.394. The molecule has 2 heteroatoms. The van der Waals surface area contributed by atoms with Gasteiger partial charge >= 0.3 is 0 Å². The molecular formula is C4H6N2. The predicted molar refractivity (Wildman–Crippen MR) is 24.1 cm³/mol. The van der Waals surface area contributed by atoms with Crippen LogP contribution in [-0.2, 0) is 0 Å². The van der Waals surface area contributed by atoms with Crippen LogP contribution in [-0.4, -0.2) is 6.21 Å². The van der Waals surface area contributed by atoms with Gasteiger partial charge in [-0.25, -0.2) is 0 Å². The van der Waals surface area contributed by atoms with E-state index in [9.17, 15) is 0 Å². The third-order valence-corrected chi connectivity index (χ3v) is 0.633. The van der Waals surface area contributed by atoms with Crippen LogP contribution in [0.3, 0.4) is 0 Å². The van der Waals surface area contributed by atoms with Gasteiger partial charge in [0, 0.05) is 6.21 Å². The molecule has 0 unspecified atom stereocenters. The van der Waals surface area contributed by atoms with Crippen molar-refractivity contribution in [1.29, 1.82) is 0 Å². The normalized spacial score (nSPS) is 20.0. The van der Waals surface area contributed by atoms with Crippen LogP contribution in [0.25, 0.3) is 0 Å². The molecule has 0 fully saturated rings. The number of hydrogen-bond donors (Lipinski definition) is 1. The Morgan fingerprint density at radius 3 is 3.00 bits per heavy atom. The second-order valence-corrected chi connectivity index (χ2v) is 1.14. The van der Waals surface area contributed by atoms with E-state index in [1.54, 1.807) is 0 Å². The quantitative estimate of drug-likeness (QED) is 0.449. The molecule has 1 aliphatic heterocycles. The standard InChI is InChI=1S/C4H6N2/c1-2-4-6-5-3-1/h3,6H,1-2H2. The van der Waals surface area contributed by atoms with Crippen molar-refractivity contribution in [2.24, 2.45) is 5.10 Å². The molecule has 6 heavy (non-hydrogen) atoms. The summed E-state index contributed by atoms with van der Waals surface area (Å²) in [6, 6.07) is 0. The molecule has 0 amide bonds. The van der Waals surface area contributed by atoms with Crippen molar-refractivity contribution in [1.82, 2.24) is 5.43 Å². The molecule has 2 radical (unpaired) electrons. The Balaban J connectivity index is 2.26. The summed E-state index contributed by atoms with van der Waals surface area (Å²) in [6.07, 6.45) is 3.87. The molecule has 0 aromatic carbocycles. The van der Waals surface area contributed by atoms with Crippen LogP contribution in [0.2, 0.25) is 0 Å². The summed E-state index contributed by atoms with van der Waals surface area (Å²) < 4.78 is 0. The molecule has 0 aliphatic carbocycles. The van der Waals surface area contributed by atoms with E-state index >= 15 is 0 Å². The Kier molecular flexibility index (Phi) is 1.10. The Labute approximate surface area is 37.2 Å². The minimum atomic E-state index is 0.990. The number of rotatable bonds is 0. The molecule has 1 aliphatic rings. The highest BCUT2D eigenvalue weighted by Crippen LogP contribution is 1.90. The number of nitrogens with zero attached hydrogens (tertiary/aromatic N) is 1. The molecule has 0 aromatic rings. The van der Waals surface area contributed by atoms with Crippen LogP contribution in [0.1, 0.15) is 12.8 Å². The first-order chi connectivity index (χ1) is 3.00. The molecule has 0 saturated heterocycles. The average molecular weight is 82.1 g/mol. The van der Waals surface area contributed by atoms with Crippen molar-refractivity contribution in [2.45, 2.75) is 12.8 Å². The fourth-order valence-electron chi connectivity index (χ4n) is 0.348. The van der Waals surface area contributed by atoms with Gasteiger partial charge in [-0.05, 0) is 12.8 Å². The summed E-state index contributed by atoms with van der Waals surface area (Å²) in [5.41, 5.74) is 2.60. The topological polar surface area (TPSA) is 24.4 Å². The van der Waals surface area contributed by atoms with E-state index in [4.69, 9.17) is 0 Å². The SMILES string of the molecule is [C]1CCC=NN1. The molecule has 2 nitrogen and oxygen atoms in total. The summed E-state index contributed by atoms with van der Waals surface area (Å²) in [7, 11) is 0. The molecule has 0 aromatic heterocycles. The van der Waals surface area contributed by atoms with E-state index in [1.165, 1.54) is 0 Å². The lowest BCUT2D eigenvalue weighted by Gasteiger charge is -1.99. The monoisotopic (exact) mass is 82.1 g/mol. The van der Waals surface area contributed by atoms with Crippen LogP contribution in [0.5, 0.6) is 0 Å². The summed E-state index contributed by atoms with van der Waals surface area (Å²) in [5.74, 6) is 0. The molecule has 32 valence electrons. The smallest absolute Gasteiger partial charge is 0.109 e. The Hall–Kier alpha value is -0.530. The lowest BCUT2D eigenvalue weighted by molar-refractivity contribution is 0.768. The Bertz CT molecular complexity index is 50.6. The molecule has 1 N–H and O–H groups in total. The highest BCUT2D eigenvalue weighted by atomic mass is 15.3. The number of hydrogen-bond acceptors (Lipinski definition) is 2. The maximum absolute atomic E-state index is 3.69. The first-order valence-corrected chi connectivity index (χ1v) is 1.99. The van der Waals surface area contributed by atoms with Gasteiger partial charge in [0.15, 0.2) is 0 Å². The van der Waals surface area contributed by atoms with E-state index in [0.717, 1.165) is 12.8 Å². The van der Waals surface area contributed by atoms with Gasteiger partial charge in [-0.1, -0.05) is 0 Å². The van der Waals surface area contributed by atoms with E-state index < -0.39 is 0 Å². The minimum Gasteiger partial charge on any atom is -0.299 e. The maximum Gasteiger partial charge on any atom is 0.109 e. The lowest BCUT2D eigenvalue weighted by Crippen LogP contribution is -2.05. The first-order valence-electron chi connectivity index (χ1n) is 1.99. The third-order valence-electron chi connectivity index (χ3n) is 0.633. The lowest BCUT2D eigenvalue weighted by atomic mass is 10.3. The molecule has 0 atom stereocenters. The minimum absolute atomic E-state index is 0.990. The van der Waals surface area contributed by atoms with Gasteiger partial charge in [-0.3, -0.25) is 5.43 Å². The van der Waals surface area contributed by atoms with Crippen molar-refractivity contribution < 1.29 is 0 Å². The van der Waals surface area contributed by atoms with Crippen LogP contribution in [0.15, 0.2) is 5.10 Å². The van der Waals surface area contributed by atoms with Gasteiger partial charge in [-0.15, -0.1) is 0 Å². The van der Waals surface area contributed by atoms with Gasteiger partial charge < -0.3 is 0 Å². The first kappa shape index (κ1) is 3.65. The molecule has 0 bridgehead atoms. The summed E-state index contributed by atoms with van der Waals surface area (Å²) >= 11 is 0. The molecule has 1 heterocycles. The zero-order valence-corrected chi connectivity index (χ0v) is 3.44. The second-order valence-electron chi connectivity index (χ2n) is 1.14. The second kappa shape index (κ2) is 1.80. The zero-order valence-electron chi connectivity index (χ0n) is 3.44.